The van der Waals surface area contributed by atoms with Gasteiger partial charge in [-0.15, -0.1) is 10.2 Å². The fraction of sp³-hybridized carbons (Fsp3) is 0.435. The first-order valence-corrected chi connectivity index (χ1v) is 10.6. The summed E-state index contributed by atoms with van der Waals surface area (Å²) in [5, 5.41) is 14.8. The number of methoxy groups -OCH3 is 1. The van der Waals surface area contributed by atoms with Crippen LogP contribution in [0.2, 0.25) is 0 Å². The lowest BCUT2D eigenvalue weighted by atomic mass is 9.71. The number of urea groups is 1. The summed E-state index contributed by atoms with van der Waals surface area (Å²) < 4.78 is 7.23. The number of carbonyl (C=O) groups is 1. The van der Waals surface area contributed by atoms with Gasteiger partial charge in [0.05, 0.1) is 7.11 Å². The van der Waals surface area contributed by atoms with Crippen LogP contribution in [0.15, 0.2) is 48.7 Å². The molecule has 2 heterocycles. The number of aromatic nitrogens is 3. The van der Waals surface area contributed by atoms with Crippen LogP contribution in [0.5, 0.6) is 5.75 Å². The molecule has 0 bridgehead atoms. The lowest BCUT2D eigenvalue weighted by molar-refractivity contribution is 0.174. The van der Waals surface area contributed by atoms with E-state index in [2.05, 4.69) is 25.2 Å². The molecular formula is C23H29N5O2. The van der Waals surface area contributed by atoms with Gasteiger partial charge >= 0.3 is 6.03 Å². The van der Waals surface area contributed by atoms with E-state index in [0.717, 1.165) is 42.0 Å². The van der Waals surface area contributed by atoms with Crippen molar-refractivity contribution in [2.24, 2.45) is 5.41 Å². The first-order valence-electron chi connectivity index (χ1n) is 10.6. The van der Waals surface area contributed by atoms with Gasteiger partial charge in [0.15, 0.2) is 5.65 Å². The third-order valence-electron chi connectivity index (χ3n) is 6.07. The first kappa shape index (κ1) is 20.2. The highest BCUT2D eigenvalue weighted by molar-refractivity contribution is 5.73. The highest BCUT2D eigenvalue weighted by Crippen LogP contribution is 2.38. The van der Waals surface area contributed by atoms with Crippen LogP contribution in [-0.2, 0) is 13.0 Å². The molecule has 2 aromatic heterocycles. The molecule has 7 heteroatoms. The third-order valence-corrected chi connectivity index (χ3v) is 6.07. The zero-order chi connectivity index (χ0) is 20.8. The zero-order valence-corrected chi connectivity index (χ0v) is 17.4. The van der Waals surface area contributed by atoms with Crippen LogP contribution in [0.4, 0.5) is 4.79 Å². The molecule has 1 fully saturated rings. The second-order valence-electron chi connectivity index (χ2n) is 8.17. The monoisotopic (exact) mass is 407 g/mol. The molecule has 4 rings (SSSR count). The van der Waals surface area contributed by atoms with Crippen molar-refractivity contribution in [1.82, 2.24) is 25.2 Å². The summed E-state index contributed by atoms with van der Waals surface area (Å²) in [5.41, 5.74) is 1.92. The van der Waals surface area contributed by atoms with E-state index in [1.54, 1.807) is 7.11 Å². The zero-order valence-electron chi connectivity index (χ0n) is 17.4. The summed E-state index contributed by atoms with van der Waals surface area (Å²) in [5.74, 6) is 1.77. The van der Waals surface area contributed by atoms with E-state index in [4.69, 9.17) is 4.74 Å². The number of rotatable bonds is 7. The van der Waals surface area contributed by atoms with E-state index in [0.29, 0.717) is 13.1 Å². The van der Waals surface area contributed by atoms with Crippen LogP contribution in [-0.4, -0.2) is 34.3 Å². The molecule has 0 saturated heterocycles. The van der Waals surface area contributed by atoms with E-state index in [1.807, 2.05) is 48.7 Å². The minimum absolute atomic E-state index is 0.0223. The van der Waals surface area contributed by atoms with E-state index in [-0.39, 0.29) is 11.4 Å². The number of pyridine rings is 1. The number of nitrogens with zero attached hydrogens (tertiary/aromatic N) is 3. The molecule has 1 aromatic carbocycles. The number of fused-ring (bicyclic) bond motifs is 1. The van der Waals surface area contributed by atoms with Gasteiger partial charge in [-0.05, 0) is 48.1 Å². The summed E-state index contributed by atoms with van der Waals surface area (Å²) in [4.78, 5) is 12.5. The van der Waals surface area contributed by atoms with Gasteiger partial charge in [0.2, 0.25) is 0 Å². The number of carbonyl (C=O) groups excluding carboxylic acids is 1. The van der Waals surface area contributed by atoms with Crippen molar-refractivity contribution in [3.05, 3.63) is 60.0 Å². The smallest absolute Gasteiger partial charge is 0.315 e. The fourth-order valence-electron chi connectivity index (χ4n) is 4.32. The molecule has 0 unspecified atom stereocenters. The SMILES string of the molecule is COc1ccc(CNC(=O)NCC2(Cc3nnc4ccccn34)CCCCC2)cc1. The molecule has 2 N–H and O–H groups in total. The van der Waals surface area contributed by atoms with E-state index in [1.165, 1.54) is 19.3 Å². The highest BCUT2D eigenvalue weighted by atomic mass is 16.5. The van der Waals surface area contributed by atoms with E-state index in [9.17, 15) is 4.79 Å². The Morgan fingerprint density at radius 2 is 1.87 bits per heavy atom. The van der Waals surface area contributed by atoms with Crippen molar-refractivity contribution in [3.63, 3.8) is 0 Å². The summed E-state index contributed by atoms with van der Waals surface area (Å²) >= 11 is 0. The van der Waals surface area contributed by atoms with Gasteiger partial charge < -0.3 is 15.4 Å². The fourth-order valence-corrected chi connectivity index (χ4v) is 4.32. The molecule has 0 aliphatic heterocycles. The molecule has 1 aliphatic rings. The second kappa shape index (κ2) is 9.15. The molecule has 0 spiro atoms. The number of ether oxygens (including phenoxy) is 1. The van der Waals surface area contributed by atoms with Crippen LogP contribution in [0.1, 0.15) is 43.5 Å². The molecule has 1 saturated carbocycles. The maximum atomic E-state index is 12.5. The first-order chi connectivity index (χ1) is 14.7. The molecule has 3 aromatic rings. The predicted octanol–water partition coefficient (Wildman–Crippen LogP) is 3.73. The van der Waals surface area contributed by atoms with Gasteiger partial charge in [0.1, 0.15) is 11.6 Å². The minimum Gasteiger partial charge on any atom is -0.497 e. The lowest BCUT2D eigenvalue weighted by Gasteiger charge is -2.37. The third kappa shape index (κ3) is 4.72. The molecule has 2 amide bonds. The van der Waals surface area contributed by atoms with Gasteiger partial charge in [-0.25, -0.2) is 4.79 Å². The Bertz CT molecular complexity index is 977. The van der Waals surface area contributed by atoms with Crippen LogP contribution in [0.3, 0.4) is 0 Å². The van der Waals surface area contributed by atoms with Crippen molar-refractivity contribution < 1.29 is 9.53 Å². The van der Waals surface area contributed by atoms with Gasteiger partial charge in [-0.3, -0.25) is 4.40 Å². The maximum Gasteiger partial charge on any atom is 0.315 e. The quantitative estimate of drug-likeness (QED) is 0.625. The van der Waals surface area contributed by atoms with Crippen LogP contribution in [0, 0.1) is 5.41 Å². The van der Waals surface area contributed by atoms with Crippen molar-refractivity contribution >= 4 is 11.7 Å². The lowest BCUT2D eigenvalue weighted by Crippen LogP contribution is -2.44. The van der Waals surface area contributed by atoms with Gasteiger partial charge in [-0.1, -0.05) is 37.5 Å². The summed E-state index contributed by atoms with van der Waals surface area (Å²) in [6.45, 7) is 1.13. The van der Waals surface area contributed by atoms with Gasteiger partial charge in [0, 0.05) is 25.7 Å². The van der Waals surface area contributed by atoms with Crippen molar-refractivity contribution in [2.45, 2.75) is 45.1 Å². The van der Waals surface area contributed by atoms with E-state index < -0.39 is 0 Å². The molecule has 1 aliphatic carbocycles. The molecule has 0 atom stereocenters. The Morgan fingerprint density at radius 3 is 2.63 bits per heavy atom. The average molecular weight is 408 g/mol. The predicted molar refractivity (Wildman–Crippen MR) is 115 cm³/mol. The highest BCUT2D eigenvalue weighted by Gasteiger charge is 2.34. The maximum absolute atomic E-state index is 12.5. The molecule has 30 heavy (non-hydrogen) atoms. The van der Waals surface area contributed by atoms with Crippen LogP contribution >= 0.6 is 0 Å². The molecule has 158 valence electrons. The summed E-state index contributed by atoms with van der Waals surface area (Å²) in [6, 6.07) is 13.5. The van der Waals surface area contributed by atoms with Crippen molar-refractivity contribution in [2.75, 3.05) is 13.7 Å². The number of amides is 2. The average Bonchev–Trinajstić information content (AvgIpc) is 3.20. The van der Waals surface area contributed by atoms with Gasteiger partial charge in [-0.2, -0.15) is 0 Å². The second-order valence-corrected chi connectivity index (χ2v) is 8.17. The summed E-state index contributed by atoms with van der Waals surface area (Å²) in [6.07, 6.45) is 8.64. The Balaban J connectivity index is 1.37. The number of hydrogen-bond donors (Lipinski definition) is 2. The standard InChI is InChI=1S/C23H29N5O2/c1-30-19-10-8-18(9-11-19)16-24-22(29)25-17-23(12-4-2-5-13-23)15-21-27-26-20-7-3-6-14-28(20)21/h3,6-11,14H,2,4-5,12-13,15-17H2,1H3,(H2,24,25,29). The number of nitrogens with one attached hydrogen (secondary N) is 2. The Kier molecular flexibility index (Phi) is 6.16. The molecule has 0 radical (unpaired) electrons. The van der Waals surface area contributed by atoms with E-state index >= 15 is 0 Å². The molecule has 7 nitrogen and oxygen atoms in total. The number of hydrogen-bond acceptors (Lipinski definition) is 4. The Labute approximate surface area is 176 Å². The normalized spacial score (nSPS) is 15.6. The Morgan fingerprint density at radius 1 is 1.07 bits per heavy atom. The summed E-state index contributed by atoms with van der Waals surface area (Å²) in [7, 11) is 1.64. The van der Waals surface area contributed by atoms with Crippen molar-refractivity contribution in [3.8, 4) is 5.75 Å². The van der Waals surface area contributed by atoms with Crippen molar-refractivity contribution in [1.29, 1.82) is 0 Å². The molecular weight excluding hydrogens is 378 g/mol. The Hall–Kier alpha value is -3.09. The van der Waals surface area contributed by atoms with Crippen LogP contribution < -0.4 is 15.4 Å². The topological polar surface area (TPSA) is 80.5 Å². The largest absolute Gasteiger partial charge is 0.497 e. The van der Waals surface area contributed by atoms with Gasteiger partial charge in [0.25, 0.3) is 0 Å². The number of benzene rings is 1. The minimum atomic E-state index is -0.137. The van der Waals surface area contributed by atoms with Crippen LogP contribution in [0.25, 0.3) is 5.65 Å².